The Balaban J connectivity index is 0.00000264. The Morgan fingerprint density at radius 1 is 1.26 bits per heavy atom. The minimum Gasteiger partial charge on any atom is -0.327 e. The van der Waals surface area contributed by atoms with Gasteiger partial charge in [0.1, 0.15) is 5.82 Å². The van der Waals surface area contributed by atoms with Gasteiger partial charge in [-0.15, -0.1) is 12.4 Å². The highest BCUT2D eigenvalue weighted by molar-refractivity contribution is 5.93. The molecule has 1 saturated carbocycles. The van der Waals surface area contributed by atoms with Crippen LogP contribution < -0.4 is 16.4 Å². The van der Waals surface area contributed by atoms with Crippen LogP contribution >= 0.6 is 12.4 Å². The highest BCUT2D eigenvalue weighted by atomic mass is 35.5. The standard InChI is InChI=1S/C16H22FN3O2.ClH/c1-10(21)19-12-6-7-13(17)15(9-12)20-16(22)8-11-4-2-3-5-14(11)18;/h6-7,9,11,14H,2-5,8,18H2,1H3,(H,19,21)(H,20,22);1H. The minimum atomic E-state index is -0.532. The van der Waals surface area contributed by atoms with Gasteiger partial charge in [-0.2, -0.15) is 0 Å². The SMILES string of the molecule is CC(=O)Nc1ccc(F)c(NC(=O)CC2CCCCC2N)c1.Cl. The Bertz CT molecular complexity index is 568. The van der Waals surface area contributed by atoms with Crippen molar-refractivity contribution >= 4 is 35.6 Å². The van der Waals surface area contributed by atoms with Crippen molar-refractivity contribution in [2.24, 2.45) is 11.7 Å². The van der Waals surface area contributed by atoms with Gasteiger partial charge in [-0.05, 0) is 37.0 Å². The van der Waals surface area contributed by atoms with E-state index in [1.54, 1.807) is 0 Å². The molecule has 4 N–H and O–H groups in total. The van der Waals surface area contributed by atoms with Crippen LogP contribution in [0.1, 0.15) is 39.0 Å². The summed E-state index contributed by atoms with van der Waals surface area (Å²) in [6.07, 6.45) is 4.35. The van der Waals surface area contributed by atoms with E-state index in [0.717, 1.165) is 25.7 Å². The maximum atomic E-state index is 13.8. The summed E-state index contributed by atoms with van der Waals surface area (Å²) in [6, 6.07) is 4.11. The number of benzene rings is 1. The molecule has 2 atom stereocenters. The van der Waals surface area contributed by atoms with Crippen molar-refractivity contribution in [1.82, 2.24) is 0 Å². The summed E-state index contributed by atoms with van der Waals surface area (Å²) in [5.74, 6) is -0.885. The van der Waals surface area contributed by atoms with Crippen molar-refractivity contribution in [2.75, 3.05) is 10.6 Å². The van der Waals surface area contributed by atoms with Crippen molar-refractivity contribution in [3.63, 3.8) is 0 Å². The van der Waals surface area contributed by atoms with Crippen LogP contribution in [-0.4, -0.2) is 17.9 Å². The molecule has 0 radical (unpaired) electrons. The van der Waals surface area contributed by atoms with Crippen molar-refractivity contribution in [1.29, 1.82) is 0 Å². The summed E-state index contributed by atoms with van der Waals surface area (Å²) < 4.78 is 13.8. The third kappa shape index (κ3) is 5.80. The number of nitrogens with one attached hydrogen (secondary N) is 2. The van der Waals surface area contributed by atoms with Crippen LogP contribution in [-0.2, 0) is 9.59 Å². The van der Waals surface area contributed by atoms with E-state index in [0.29, 0.717) is 12.1 Å². The molecule has 7 heteroatoms. The van der Waals surface area contributed by atoms with E-state index in [2.05, 4.69) is 10.6 Å². The fourth-order valence-corrected chi connectivity index (χ4v) is 2.83. The number of rotatable bonds is 4. The first-order chi connectivity index (χ1) is 10.5. The Hall–Kier alpha value is -1.66. The third-order valence-electron chi connectivity index (χ3n) is 3.98. The van der Waals surface area contributed by atoms with Gasteiger partial charge in [0, 0.05) is 25.1 Å². The lowest BCUT2D eigenvalue weighted by Crippen LogP contribution is -2.35. The number of carbonyl (C=O) groups excluding carboxylic acids is 2. The molecule has 1 aliphatic rings. The number of amides is 2. The Morgan fingerprint density at radius 2 is 1.96 bits per heavy atom. The molecule has 2 amide bonds. The van der Waals surface area contributed by atoms with Gasteiger partial charge in [0.05, 0.1) is 5.69 Å². The number of nitrogens with two attached hydrogens (primary N) is 1. The smallest absolute Gasteiger partial charge is 0.224 e. The van der Waals surface area contributed by atoms with Gasteiger partial charge in [-0.25, -0.2) is 4.39 Å². The summed E-state index contributed by atoms with van der Waals surface area (Å²) in [6.45, 7) is 1.37. The summed E-state index contributed by atoms with van der Waals surface area (Å²) in [4.78, 5) is 23.1. The molecular weight excluding hydrogens is 321 g/mol. The van der Waals surface area contributed by atoms with Crippen LogP contribution in [0.2, 0.25) is 0 Å². The zero-order valence-electron chi connectivity index (χ0n) is 13.1. The predicted molar refractivity (Wildman–Crippen MR) is 91.1 cm³/mol. The molecule has 128 valence electrons. The minimum absolute atomic E-state index is 0. The number of anilines is 2. The van der Waals surface area contributed by atoms with Gasteiger partial charge < -0.3 is 16.4 Å². The average Bonchev–Trinajstić information content (AvgIpc) is 2.44. The third-order valence-corrected chi connectivity index (χ3v) is 3.98. The van der Waals surface area contributed by atoms with Gasteiger partial charge in [-0.3, -0.25) is 9.59 Å². The molecule has 0 aliphatic heterocycles. The molecule has 0 aromatic heterocycles. The second-order valence-corrected chi connectivity index (χ2v) is 5.84. The Morgan fingerprint density at radius 3 is 2.61 bits per heavy atom. The molecule has 1 aliphatic carbocycles. The van der Waals surface area contributed by atoms with E-state index >= 15 is 0 Å². The highest BCUT2D eigenvalue weighted by Gasteiger charge is 2.24. The maximum Gasteiger partial charge on any atom is 0.224 e. The average molecular weight is 344 g/mol. The fourth-order valence-electron chi connectivity index (χ4n) is 2.83. The summed E-state index contributed by atoms with van der Waals surface area (Å²) >= 11 is 0. The lowest BCUT2D eigenvalue weighted by Gasteiger charge is -2.28. The van der Waals surface area contributed by atoms with E-state index in [-0.39, 0.29) is 41.9 Å². The molecule has 2 rings (SSSR count). The molecule has 0 saturated heterocycles. The quantitative estimate of drug-likeness (QED) is 0.785. The molecule has 23 heavy (non-hydrogen) atoms. The van der Waals surface area contributed by atoms with Gasteiger partial charge >= 0.3 is 0 Å². The van der Waals surface area contributed by atoms with Crippen LogP contribution in [0.5, 0.6) is 0 Å². The molecule has 0 heterocycles. The van der Waals surface area contributed by atoms with E-state index < -0.39 is 5.82 Å². The number of halogens is 2. The first kappa shape index (κ1) is 19.4. The Labute approximate surface area is 141 Å². The maximum absolute atomic E-state index is 13.8. The van der Waals surface area contributed by atoms with E-state index in [1.807, 2.05) is 0 Å². The van der Waals surface area contributed by atoms with Gasteiger partial charge in [0.15, 0.2) is 0 Å². The van der Waals surface area contributed by atoms with Crippen LogP contribution in [0, 0.1) is 11.7 Å². The van der Waals surface area contributed by atoms with Crippen LogP contribution in [0.3, 0.4) is 0 Å². The van der Waals surface area contributed by atoms with Crippen LogP contribution in [0.25, 0.3) is 0 Å². The lowest BCUT2D eigenvalue weighted by molar-refractivity contribution is -0.117. The summed E-state index contributed by atoms with van der Waals surface area (Å²) in [5.41, 5.74) is 6.54. The number of hydrogen-bond donors (Lipinski definition) is 3. The first-order valence-corrected chi connectivity index (χ1v) is 7.58. The van der Waals surface area contributed by atoms with Gasteiger partial charge in [0.2, 0.25) is 11.8 Å². The van der Waals surface area contributed by atoms with Crippen LogP contribution in [0.4, 0.5) is 15.8 Å². The largest absolute Gasteiger partial charge is 0.327 e. The molecule has 2 unspecified atom stereocenters. The number of hydrogen-bond acceptors (Lipinski definition) is 3. The van der Waals surface area contributed by atoms with E-state index in [1.165, 1.54) is 25.1 Å². The van der Waals surface area contributed by atoms with E-state index in [9.17, 15) is 14.0 Å². The van der Waals surface area contributed by atoms with Crippen molar-refractivity contribution in [2.45, 2.75) is 45.1 Å². The zero-order valence-corrected chi connectivity index (χ0v) is 13.9. The van der Waals surface area contributed by atoms with Gasteiger partial charge in [0.25, 0.3) is 0 Å². The van der Waals surface area contributed by atoms with Crippen molar-refractivity contribution in [3.05, 3.63) is 24.0 Å². The number of carbonyl (C=O) groups is 2. The molecular formula is C16H23ClFN3O2. The monoisotopic (exact) mass is 343 g/mol. The first-order valence-electron chi connectivity index (χ1n) is 7.58. The fraction of sp³-hybridized carbons (Fsp3) is 0.500. The molecule has 1 aromatic carbocycles. The summed E-state index contributed by atoms with van der Waals surface area (Å²) in [5, 5.41) is 5.13. The second-order valence-electron chi connectivity index (χ2n) is 5.84. The topological polar surface area (TPSA) is 84.2 Å². The second kappa shape index (κ2) is 8.84. The lowest BCUT2D eigenvalue weighted by atomic mass is 9.83. The predicted octanol–water partition coefficient (Wildman–Crippen LogP) is 3.05. The van der Waals surface area contributed by atoms with Crippen molar-refractivity contribution < 1.29 is 14.0 Å². The molecule has 0 spiro atoms. The highest BCUT2D eigenvalue weighted by Crippen LogP contribution is 2.26. The molecule has 1 aromatic rings. The van der Waals surface area contributed by atoms with Crippen molar-refractivity contribution in [3.8, 4) is 0 Å². The van der Waals surface area contributed by atoms with Gasteiger partial charge in [-0.1, -0.05) is 12.8 Å². The Kier molecular flexibility index (Phi) is 7.45. The zero-order chi connectivity index (χ0) is 16.1. The normalized spacial score (nSPS) is 20.3. The van der Waals surface area contributed by atoms with E-state index in [4.69, 9.17) is 5.73 Å². The molecule has 1 fully saturated rings. The molecule has 5 nitrogen and oxygen atoms in total. The summed E-state index contributed by atoms with van der Waals surface area (Å²) in [7, 11) is 0. The molecule has 0 bridgehead atoms. The van der Waals surface area contributed by atoms with Crippen LogP contribution in [0.15, 0.2) is 18.2 Å².